The quantitative estimate of drug-likeness (QED) is 0.210. The molecule has 4 aromatic rings. The summed E-state index contributed by atoms with van der Waals surface area (Å²) < 4.78 is 38.5. The first-order valence-corrected chi connectivity index (χ1v) is 14.5. The molecule has 4 rings (SSSR count). The lowest BCUT2D eigenvalue weighted by molar-refractivity contribution is -0.884. The van der Waals surface area contributed by atoms with Crippen molar-refractivity contribution in [2.45, 2.75) is 42.5 Å². The second-order valence-corrected chi connectivity index (χ2v) is 13.5. The van der Waals surface area contributed by atoms with Gasteiger partial charge in [0.05, 0.1) is 38.0 Å². The number of benzene rings is 4. The van der Waals surface area contributed by atoms with Crippen molar-refractivity contribution in [3.8, 4) is 17.2 Å². The largest absolute Gasteiger partial charge is 0.497 e. The van der Waals surface area contributed by atoms with E-state index < -0.39 is 9.84 Å². The second-order valence-electron chi connectivity index (χ2n) is 11.5. The molecule has 0 N–H and O–H groups in total. The highest BCUT2D eigenvalue weighted by Crippen LogP contribution is 2.37. The van der Waals surface area contributed by atoms with E-state index in [2.05, 4.69) is 59.3 Å². The van der Waals surface area contributed by atoms with E-state index in [1.165, 1.54) is 11.1 Å². The van der Waals surface area contributed by atoms with Crippen LogP contribution in [-0.2, 0) is 21.8 Å². The maximum atomic E-state index is 13.1. The zero-order valence-electron chi connectivity index (χ0n) is 23.9. The van der Waals surface area contributed by atoms with Crippen LogP contribution < -0.4 is 9.47 Å². The van der Waals surface area contributed by atoms with Gasteiger partial charge in [-0.3, -0.25) is 0 Å². The average Bonchev–Trinajstić information content (AvgIpc) is 2.89. The molecule has 0 saturated carbocycles. The monoisotopic (exact) mass is 544 g/mol. The topological polar surface area (TPSA) is 52.6 Å². The van der Waals surface area contributed by atoms with Gasteiger partial charge in [-0.1, -0.05) is 49.7 Å². The summed E-state index contributed by atoms with van der Waals surface area (Å²) in [6.45, 7) is 7.13. The van der Waals surface area contributed by atoms with Crippen LogP contribution in [0.15, 0.2) is 101 Å². The molecule has 0 saturated heterocycles. The average molecular weight is 545 g/mol. The molecule has 0 aliphatic rings. The van der Waals surface area contributed by atoms with Crippen LogP contribution in [0.4, 0.5) is 0 Å². The van der Waals surface area contributed by atoms with E-state index in [0.29, 0.717) is 5.75 Å². The van der Waals surface area contributed by atoms with Crippen molar-refractivity contribution in [1.29, 1.82) is 0 Å². The fraction of sp³-hybridized carbons (Fsp3) is 0.273. The Kier molecular flexibility index (Phi) is 7.92. The maximum absolute atomic E-state index is 13.1. The highest BCUT2D eigenvalue weighted by Gasteiger charge is 2.26. The van der Waals surface area contributed by atoms with Gasteiger partial charge in [0.25, 0.3) is 0 Å². The van der Waals surface area contributed by atoms with Crippen LogP contribution in [0.1, 0.15) is 36.1 Å². The highest BCUT2D eigenvalue weighted by molar-refractivity contribution is 7.91. The minimum absolute atomic E-state index is 0.226. The summed E-state index contributed by atoms with van der Waals surface area (Å²) in [5.74, 6) is 2.18. The summed E-state index contributed by atoms with van der Waals surface area (Å²) in [6.07, 6.45) is 0. The van der Waals surface area contributed by atoms with Gasteiger partial charge in [0, 0.05) is 11.0 Å². The summed E-state index contributed by atoms with van der Waals surface area (Å²) >= 11 is 0. The van der Waals surface area contributed by atoms with Gasteiger partial charge < -0.3 is 14.0 Å². The number of rotatable bonds is 9. The normalized spacial score (nSPS) is 12.3. The number of quaternary nitrogens is 1. The number of hydrogen-bond acceptors (Lipinski definition) is 4. The van der Waals surface area contributed by atoms with Crippen molar-refractivity contribution in [3.63, 3.8) is 0 Å². The Labute approximate surface area is 233 Å². The third kappa shape index (κ3) is 6.52. The molecule has 4 aromatic carbocycles. The Morgan fingerprint density at radius 2 is 1.23 bits per heavy atom. The molecule has 0 fully saturated rings. The Balaban J connectivity index is 1.64. The smallest absolute Gasteiger partial charge is 0.206 e. The second kappa shape index (κ2) is 10.9. The molecule has 6 heteroatoms. The van der Waals surface area contributed by atoms with Gasteiger partial charge >= 0.3 is 0 Å². The first kappa shape index (κ1) is 28.4. The lowest BCUT2D eigenvalue weighted by Gasteiger charge is -2.29. The van der Waals surface area contributed by atoms with Gasteiger partial charge in [-0.2, -0.15) is 0 Å². The summed E-state index contributed by atoms with van der Waals surface area (Å²) in [6, 6.07) is 28.1. The van der Waals surface area contributed by atoms with E-state index in [9.17, 15) is 8.42 Å². The van der Waals surface area contributed by atoms with E-state index in [0.717, 1.165) is 33.7 Å². The molecular formula is C33H38NO4S+. The SMILES string of the molecule is COc1ccc(C(C)(C)c2ccc(Oc3ccc(S(=O)(=O)c4ccc(C)cc4)cc3)c(C[N+](C)(C)C)c2)cc1. The van der Waals surface area contributed by atoms with Gasteiger partial charge in [-0.15, -0.1) is 0 Å². The summed E-state index contributed by atoms with van der Waals surface area (Å²) in [5, 5.41) is 0. The van der Waals surface area contributed by atoms with E-state index in [1.807, 2.05) is 25.1 Å². The first-order valence-electron chi connectivity index (χ1n) is 13.0. The van der Waals surface area contributed by atoms with Crippen LogP contribution in [0.5, 0.6) is 17.2 Å². The molecule has 0 aromatic heterocycles. The minimum atomic E-state index is -3.60. The number of methoxy groups -OCH3 is 1. The van der Waals surface area contributed by atoms with E-state index in [1.54, 1.807) is 55.6 Å². The van der Waals surface area contributed by atoms with Crippen molar-refractivity contribution in [2.75, 3.05) is 28.3 Å². The fourth-order valence-corrected chi connectivity index (χ4v) is 5.80. The Morgan fingerprint density at radius 1 is 0.718 bits per heavy atom. The van der Waals surface area contributed by atoms with Crippen LogP contribution in [0.2, 0.25) is 0 Å². The van der Waals surface area contributed by atoms with Gasteiger partial charge in [-0.25, -0.2) is 8.42 Å². The molecule has 0 aliphatic heterocycles. The summed E-state index contributed by atoms with van der Waals surface area (Å²) in [5.41, 5.74) is 4.25. The van der Waals surface area contributed by atoms with Gasteiger partial charge in [0.1, 0.15) is 23.8 Å². The first-order chi connectivity index (χ1) is 18.3. The predicted octanol–water partition coefficient (Wildman–Crippen LogP) is 7.16. The third-order valence-electron chi connectivity index (χ3n) is 6.93. The molecule has 0 radical (unpaired) electrons. The molecule has 204 valence electrons. The van der Waals surface area contributed by atoms with Crippen molar-refractivity contribution >= 4 is 9.84 Å². The van der Waals surface area contributed by atoms with Crippen molar-refractivity contribution < 1.29 is 22.4 Å². The Morgan fingerprint density at radius 3 is 1.77 bits per heavy atom. The fourth-order valence-electron chi connectivity index (χ4n) is 4.54. The molecule has 0 unspecified atom stereocenters. The lowest BCUT2D eigenvalue weighted by atomic mass is 9.77. The van der Waals surface area contributed by atoms with Gasteiger partial charge in [0.2, 0.25) is 9.84 Å². The summed E-state index contributed by atoms with van der Waals surface area (Å²) in [4.78, 5) is 0.518. The number of hydrogen-bond donors (Lipinski definition) is 0. The number of ether oxygens (including phenoxy) is 2. The standard InChI is InChI=1S/C33H38NO4S/c1-24-8-17-30(18-9-24)39(35,36)31-19-15-29(16-20-31)38-32-21-12-27(22-25(32)23-34(4,5)6)33(2,3)26-10-13-28(37-7)14-11-26/h8-22H,23H2,1-7H3/q+1. The lowest BCUT2D eigenvalue weighted by Crippen LogP contribution is -2.33. The molecule has 0 aliphatic carbocycles. The van der Waals surface area contributed by atoms with Crippen LogP contribution in [0.25, 0.3) is 0 Å². The summed E-state index contributed by atoms with van der Waals surface area (Å²) in [7, 11) is 4.52. The van der Waals surface area contributed by atoms with Gasteiger partial charge in [0.15, 0.2) is 0 Å². The minimum Gasteiger partial charge on any atom is -0.497 e. The molecule has 39 heavy (non-hydrogen) atoms. The van der Waals surface area contributed by atoms with Crippen molar-refractivity contribution in [3.05, 3.63) is 113 Å². The van der Waals surface area contributed by atoms with E-state index >= 15 is 0 Å². The van der Waals surface area contributed by atoms with Crippen LogP contribution >= 0.6 is 0 Å². The zero-order valence-corrected chi connectivity index (χ0v) is 24.7. The Bertz CT molecular complexity index is 1530. The van der Waals surface area contributed by atoms with Crippen molar-refractivity contribution in [2.24, 2.45) is 0 Å². The molecule has 0 bridgehead atoms. The third-order valence-corrected chi connectivity index (χ3v) is 8.72. The highest BCUT2D eigenvalue weighted by atomic mass is 32.2. The van der Waals surface area contributed by atoms with Crippen LogP contribution in [0, 0.1) is 6.92 Å². The Hall–Kier alpha value is -3.61. The molecule has 0 spiro atoms. The number of sulfone groups is 1. The number of nitrogens with zero attached hydrogens (tertiary/aromatic N) is 1. The van der Waals surface area contributed by atoms with Gasteiger partial charge in [-0.05, 0) is 78.7 Å². The molecule has 5 nitrogen and oxygen atoms in total. The van der Waals surface area contributed by atoms with Crippen LogP contribution in [0.3, 0.4) is 0 Å². The molecular weight excluding hydrogens is 506 g/mol. The van der Waals surface area contributed by atoms with E-state index in [-0.39, 0.29) is 15.2 Å². The molecule has 0 heterocycles. The van der Waals surface area contributed by atoms with Crippen LogP contribution in [-0.4, -0.2) is 41.2 Å². The molecule has 0 amide bonds. The maximum Gasteiger partial charge on any atom is 0.206 e. The number of aryl methyl sites for hydroxylation is 1. The zero-order chi connectivity index (χ0) is 28.4. The predicted molar refractivity (Wildman–Crippen MR) is 156 cm³/mol. The molecule has 0 atom stereocenters. The van der Waals surface area contributed by atoms with Crippen molar-refractivity contribution in [1.82, 2.24) is 0 Å². The van der Waals surface area contributed by atoms with E-state index in [4.69, 9.17) is 9.47 Å².